The first-order valence-corrected chi connectivity index (χ1v) is 9.78. The summed E-state index contributed by atoms with van der Waals surface area (Å²) in [6.45, 7) is 5.53. The van der Waals surface area contributed by atoms with Crippen LogP contribution >= 0.6 is 12.4 Å². The lowest BCUT2D eigenvalue weighted by molar-refractivity contribution is 0.286. The Bertz CT molecular complexity index is 769. The number of imidazole rings is 1. The molecule has 0 aromatic carbocycles. The Balaban J connectivity index is 0.00000261. The molecule has 2 aromatic rings. The lowest BCUT2D eigenvalue weighted by atomic mass is 9.92. The van der Waals surface area contributed by atoms with Gasteiger partial charge in [-0.3, -0.25) is 4.57 Å². The highest BCUT2D eigenvalue weighted by Gasteiger charge is 2.15. The number of nitrogens with two attached hydrogens (primary N) is 1. The Hall–Kier alpha value is -1.80. The third kappa shape index (κ3) is 5.59. The van der Waals surface area contributed by atoms with Crippen molar-refractivity contribution in [2.24, 2.45) is 5.92 Å². The van der Waals surface area contributed by atoms with E-state index in [0.29, 0.717) is 24.3 Å². The van der Waals surface area contributed by atoms with Crippen LogP contribution in [0.2, 0.25) is 0 Å². The minimum atomic E-state index is -0.187. The molecule has 0 unspecified atom stereocenters. The van der Waals surface area contributed by atoms with Gasteiger partial charge in [0.1, 0.15) is 5.52 Å². The molecule has 0 amide bonds. The van der Waals surface area contributed by atoms with Gasteiger partial charge in [-0.05, 0) is 44.7 Å². The second-order valence-electron chi connectivity index (χ2n) is 7.06. The van der Waals surface area contributed by atoms with Crippen molar-refractivity contribution in [2.75, 3.05) is 25.4 Å². The van der Waals surface area contributed by atoms with E-state index in [1.165, 1.54) is 19.3 Å². The van der Waals surface area contributed by atoms with E-state index < -0.39 is 0 Å². The minimum absolute atomic E-state index is 0. The molecule has 1 saturated heterocycles. The quantitative estimate of drug-likeness (QED) is 0.559. The average molecular weight is 399 g/mol. The number of ether oxygens (including phenoxy) is 1. The molecule has 1 aliphatic heterocycles. The number of anilines is 1. The van der Waals surface area contributed by atoms with Gasteiger partial charge in [0.05, 0.1) is 6.61 Å². The van der Waals surface area contributed by atoms with Crippen molar-refractivity contribution in [1.82, 2.24) is 24.8 Å². The number of unbranched alkanes of at least 4 members (excludes halogenated alkanes) is 2. The summed E-state index contributed by atoms with van der Waals surface area (Å²) in [6.07, 6.45) is 7.77. The van der Waals surface area contributed by atoms with Gasteiger partial charge in [0.25, 0.3) is 0 Å². The van der Waals surface area contributed by atoms with Gasteiger partial charge < -0.3 is 20.8 Å². The summed E-state index contributed by atoms with van der Waals surface area (Å²) in [5.74, 6) is 1.07. The van der Waals surface area contributed by atoms with Gasteiger partial charge in [-0.2, -0.15) is 9.97 Å². The number of nitrogens with one attached hydrogen (secondary N) is 2. The second-order valence-corrected chi connectivity index (χ2v) is 7.06. The van der Waals surface area contributed by atoms with Gasteiger partial charge >= 0.3 is 11.7 Å². The van der Waals surface area contributed by atoms with E-state index in [1.54, 1.807) is 4.57 Å². The first kappa shape index (κ1) is 21.5. The maximum Gasteiger partial charge on any atom is 0.327 e. The zero-order valence-electron chi connectivity index (χ0n) is 16.0. The number of halogens is 1. The number of nitrogen functional groups attached to an aromatic ring is 1. The standard InChI is InChI=1S/C18H30N6O2.ClH/c1-2-3-12-26-17-22-15(19)14-16(23-17)24(18(25)21-14)11-5-4-6-13-7-9-20-10-8-13;/h13,20H,2-12H2,1H3,(H,21,25)(H2,19,22,23);1H. The Morgan fingerprint density at radius 2 is 2.00 bits per heavy atom. The highest BCUT2D eigenvalue weighted by Crippen LogP contribution is 2.20. The summed E-state index contributed by atoms with van der Waals surface area (Å²) >= 11 is 0. The Morgan fingerprint density at radius 1 is 1.22 bits per heavy atom. The maximum atomic E-state index is 12.3. The van der Waals surface area contributed by atoms with E-state index in [-0.39, 0.29) is 29.9 Å². The minimum Gasteiger partial charge on any atom is -0.463 e. The molecule has 0 atom stereocenters. The molecule has 0 spiro atoms. The summed E-state index contributed by atoms with van der Waals surface area (Å²) in [5, 5.41) is 3.40. The molecule has 9 heteroatoms. The fourth-order valence-corrected chi connectivity index (χ4v) is 3.48. The number of piperidine rings is 1. The van der Waals surface area contributed by atoms with Gasteiger partial charge in [-0.1, -0.05) is 26.2 Å². The van der Waals surface area contributed by atoms with Crippen LogP contribution in [-0.2, 0) is 6.54 Å². The van der Waals surface area contributed by atoms with E-state index >= 15 is 0 Å². The summed E-state index contributed by atoms with van der Waals surface area (Å²) in [6, 6.07) is 0.242. The zero-order valence-corrected chi connectivity index (χ0v) is 16.8. The number of aryl methyl sites for hydroxylation is 1. The molecule has 0 aliphatic carbocycles. The summed E-state index contributed by atoms with van der Waals surface area (Å²) < 4.78 is 7.22. The lowest BCUT2D eigenvalue weighted by Crippen LogP contribution is -2.27. The van der Waals surface area contributed by atoms with Crippen LogP contribution in [0.4, 0.5) is 5.82 Å². The number of aromatic amines is 1. The topological polar surface area (TPSA) is 111 Å². The molecule has 2 aromatic heterocycles. The molecule has 4 N–H and O–H groups in total. The molecule has 3 heterocycles. The molecule has 27 heavy (non-hydrogen) atoms. The smallest absolute Gasteiger partial charge is 0.327 e. The second kappa shape index (κ2) is 10.5. The van der Waals surface area contributed by atoms with E-state index in [4.69, 9.17) is 10.5 Å². The molecular formula is C18H31ClN6O2. The predicted molar refractivity (Wildman–Crippen MR) is 110 cm³/mol. The highest BCUT2D eigenvalue weighted by molar-refractivity contribution is 5.85. The van der Waals surface area contributed by atoms with Crippen LogP contribution in [0.3, 0.4) is 0 Å². The van der Waals surface area contributed by atoms with E-state index in [9.17, 15) is 4.79 Å². The van der Waals surface area contributed by atoms with Crippen molar-refractivity contribution in [1.29, 1.82) is 0 Å². The molecule has 152 valence electrons. The monoisotopic (exact) mass is 398 g/mol. The predicted octanol–water partition coefficient (Wildman–Crippen LogP) is 2.47. The number of aromatic nitrogens is 4. The summed E-state index contributed by atoms with van der Waals surface area (Å²) in [4.78, 5) is 23.6. The molecule has 1 aliphatic rings. The van der Waals surface area contributed by atoms with Crippen molar-refractivity contribution in [3.05, 3.63) is 10.5 Å². The van der Waals surface area contributed by atoms with Crippen molar-refractivity contribution in [3.8, 4) is 6.01 Å². The van der Waals surface area contributed by atoms with Gasteiger partial charge in [0.2, 0.25) is 0 Å². The fourth-order valence-electron chi connectivity index (χ4n) is 3.48. The van der Waals surface area contributed by atoms with E-state index in [0.717, 1.165) is 44.7 Å². The van der Waals surface area contributed by atoms with Crippen molar-refractivity contribution < 1.29 is 4.74 Å². The molecule has 8 nitrogen and oxygen atoms in total. The molecule has 0 saturated carbocycles. The summed E-state index contributed by atoms with van der Waals surface area (Å²) in [5.41, 5.74) is 6.82. The lowest BCUT2D eigenvalue weighted by Gasteiger charge is -2.22. The van der Waals surface area contributed by atoms with Crippen LogP contribution < -0.4 is 21.5 Å². The van der Waals surface area contributed by atoms with Crippen LogP contribution in [0.5, 0.6) is 6.01 Å². The number of nitrogens with zero attached hydrogens (tertiary/aromatic N) is 3. The third-order valence-electron chi connectivity index (χ3n) is 5.06. The van der Waals surface area contributed by atoms with E-state index in [1.807, 2.05) is 0 Å². The van der Waals surface area contributed by atoms with Gasteiger partial charge in [-0.25, -0.2) is 4.79 Å². The van der Waals surface area contributed by atoms with Crippen molar-refractivity contribution >= 4 is 29.4 Å². The van der Waals surface area contributed by atoms with Crippen LogP contribution in [0.15, 0.2) is 4.79 Å². The Labute approximate surface area is 165 Å². The molecule has 0 radical (unpaired) electrons. The number of fused-ring (bicyclic) bond motifs is 1. The molecule has 3 rings (SSSR count). The number of rotatable bonds is 9. The SMILES string of the molecule is CCCCOc1nc(N)c2[nH]c(=O)n(CCCCC3CCNCC3)c2n1.Cl. The highest BCUT2D eigenvalue weighted by atomic mass is 35.5. The van der Waals surface area contributed by atoms with Gasteiger partial charge in [0, 0.05) is 6.54 Å². The molecule has 0 bridgehead atoms. The first-order valence-electron chi connectivity index (χ1n) is 9.78. The van der Waals surface area contributed by atoms with Crippen molar-refractivity contribution in [3.63, 3.8) is 0 Å². The zero-order chi connectivity index (χ0) is 18.4. The molecular weight excluding hydrogens is 368 g/mol. The fraction of sp³-hybridized carbons (Fsp3) is 0.722. The van der Waals surface area contributed by atoms with Gasteiger partial charge in [-0.15, -0.1) is 12.4 Å². The summed E-state index contributed by atoms with van der Waals surface area (Å²) in [7, 11) is 0. The average Bonchev–Trinajstić information content (AvgIpc) is 2.96. The van der Waals surface area contributed by atoms with Crippen LogP contribution in [0.1, 0.15) is 51.9 Å². The first-order chi connectivity index (χ1) is 12.7. The van der Waals surface area contributed by atoms with Crippen molar-refractivity contribution in [2.45, 2.75) is 58.4 Å². The Morgan fingerprint density at radius 3 is 2.74 bits per heavy atom. The number of hydrogen-bond donors (Lipinski definition) is 3. The van der Waals surface area contributed by atoms with Gasteiger partial charge in [0.15, 0.2) is 11.5 Å². The normalized spacial score (nSPS) is 15.0. The molecule has 1 fully saturated rings. The van der Waals surface area contributed by atoms with E-state index in [2.05, 4.69) is 27.2 Å². The maximum absolute atomic E-state index is 12.3. The van der Waals surface area contributed by atoms with Crippen LogP contribution in [0, 0.1) is 5.92 Å². The number of H-pyrrole nitrogens is 1. The van der Waals surface area contributed by atoms with Crippen LogP contribution in [-0.4, -0.2) is 39.2 Å². The largest absolute Gasteiger partial charge is 0.463 e. The third-order valence-corrected chi connectivity index (χ3v) is 5.06. The Kier molecular flexibility index (Phi) is 8.37. The van der Waals surface area contributed by atoms with Crippen LogP contribution in [0.25, 0.3) is 11.2 Å². The number of hydrogen-bond acceptors (Lipinski definition) is 6.